The standard InChI is InChI=1S/C15H28N2O2/c1-14(2,13(18)16-5)9-17-11-10-7-6-8-19-12(10)15(11,3)4/h10-12,17H,6-9H2,1-5H3,(H,16,18)/t10-,11-,12-/m1/s1. The van der Waals surface area contributed by atoms with Gasteiger partial charge in [-0.25, -0.2) is 0 Å². The molecule has 3 atom stereocenters. The van der Waals surface area contributed by atoms with E-state index in [1.54, 1.807) is 7.05 Å². The van der Waals surface area contributed by atoms with Crippen LogP contribution in [-0.4, -0.2) is 38.3 Å². The lowest BCUT2D eigenvalue weighted by atomic mass is 9.55. The lowest BCUT2D eigenvalue weighted by molar-refractivity contribution is -0.193. The Kier molecular flexibility index (Phi) is 3.94. The van der Waals surface area contributed by atoms with E-state index in [0.717, 1.165) is 13.0 Å². The molecule has 1 heterocycles. The minimum Gasteiger partial charge on any atom is -0.377 e. The van der Waals surface area contributed by atoms with Gasteiger partial charge in [0.2, 0.25) is 5.91 Å². The van der Waals surface area contributed by atoms with E-state index in [2.05, 4.69) is 24.5 Å². The maximum Gasteiger partial charge on any atom is 0.226 e. The van der Waals surface area contributed by atoms with Crippen molar-refractivity contribution in [3.05, 3.63) is 0 Å². The number of nitrogens with one attached hydrogen (secondary N) is 2. The second-order valence-corrected chi connectivity index (χ2v) is 7.24. The van der Waals surface area contributed by atoms with Crippen LogP contribution in [0.2, 0.25) is 0 Å². The fourth-order valence-corrected chi connectivity index (χ4v) is 3.72. The Balaban J connectivity index is 1.94. The van der Waals surface area contributed by atoms with E-state index in [1.165, 1.54) is 6.42 Å². The van der Waals surface area contributed by atoms with E-state index in [-0.39, 0.29) is 16.7 Å². The molecule has 2 aliphatic rings. The van der Waals surface area contributed by atoms with Gasteiger partial charge in [0.25, 0.3) is 0 Å². The summed E-state index contributed by atoms with van der Waals surface area (Å²) >= 11 is 0. The van der Waals surface area contributed by atoms with Crippen molar-refractivity contribution < 1.29 is 9.53 Å². The summed E-state index contributed by atoms with van der Waals surface area (Å²) < 4.78 is 5.90. The second-order valence-electron chi connectivity index (χ2n) is 7.24. The molecule has 1 saturated heterocycles. The van der Waals surface area contributed by atoms with Crippen LogP contribution in [-0.2, 0) is 9.53 Å². The van der Waals surface area contributed by atoms with Crippen molar-refractivity contribution in [3.63, 3.8) is 0 Å². The Morgan fingerprint density at radius 2 is 2.11 bits per heavy atom. The van der Waals surface area contributed by atoms with Gasteiger partial charge < -0.3 is 15.4 Å². The highest BCUT2D eigenvalue weighted by Gasteiger charge is 2.57. The van der Waals surface area contributed by atoms with Crippen LogP contribution < -0.4 is 10.6 Å². The molecule has 2 rings (SSSR count). The van der Waals surface area contributed by atoms with Crippen LogP contribution in [0, 0.1) is 16.7 Å². The topological polar surface area (TPSA) is 50.4 Å². The fraction of sp³-hybridized carbons (Fsp3) is 0.933. The molecule has 1 amide bonds. The molecule has 110 valence electrons. The van der Waals surface area contributed by atoms with Gasteiger partial charge in [-0.2, -0.15) is 0 Å². The van der Waals surface area contributed by atoms with Crippen molar-refractivity contribution >= 4 is 5.91 Å². The van der Waals surface area contributed by atoms with E-state index in [9.17, 15) is 4.79 Å². The van der Waals surface area contributed by atoms with Crippen LogP contribution in [0.15, 0.2) is 0 Å². The molecular weight excluding hydrogens is 240 g/mol. The lowest BCUT2D eigenvalue weighted by Crippen LogP contribution is -2.70. The highest BCUT2D eigenvalue weighted by atomic mass is 16.5. The molecule has 1 aliphatic carbocycles. The quantitative estimate of drug-likeness (QED) is 0.813. The zero-order valence-electron chi connectivity index (χ0n) is 12.9. The highest BCUT2D eigenvalue weighted by molar-refractivity contribution is 5.81. The second kappa shape index (κ2) is 5.06. The van der Waals surface area contributed by atoms with Crippen molar-refractivity contribution in [2.75, 3.05) is 20.2 Å². The third-order valence-electron chi connectivity index (χ3n) is 4.94. The Bertz CT molecular complexity index is 352. The van der Waals surface area contributed by atoms with Crippen molar-refractivity contribution in [2.45, 2.75) is 52.7 Å². The van der Waals surface area contributed by atoms with Crippen molar-refractivity contribution in [3.8, 4) is 0 Å². The molecule has 0 aromatic carbocycles. The molecule has 2 N–H and O–H groups in total. The normalized spacial score (nSPS) is 33.2. The molecule has 0 aromatic heterocycles. The van der Waals surface area contributed by atoms with E-state index < -0.39 is 0 Å². The molecule has 0 bridgehead atoms. The molecule has 0 aromatic rings. The van der Waals surface area contributed by atoms with Gasteiger partial charge in [0, 0.05) is 37.6 Å². The molecule has 0 radical (unpaired) electrons. The van der Waals surface area contributed by atoms with Crippen LogP contribution in [0.1, 0.15) is 40.5 Å². The first-order chi connectivity index (χ1) is 8.80. The predicted octanol–water partition coefficient (Wildman–Crippen LogP) is 1.55. The summed E-state index contributed by atoms with van der Waals surface area (Å²) in [6.45, 7) is 10.1. The summed E-state index contributed by atoms with van der Waals surface area (Å²) in [6.07, 6.45) is 2.79. The van der Waals surface area contributed by atoms with Crippen LogP contribution in [0.25, 0.3) is 0 Å². The maximum absolute atomic E-state index is 11.8. The monoisotopic (exact) mass is 268 g/mol. The molecule has 2 fully saturated rings. The van der Waals surface area contributed by atoms with E-state index in [4.69, 9.17) is 4.74 Å². The number of hydrogen-bond acceptors (Lipinski definition) is 3. The average Bonchev–Trinajstić information content (AvgIpc) is 2.37. The SMILES string of the molecule is CNC(=O)C(C)(C)CN[C@@H]1[C@H]2CCCO[C@H]2C1(C)C. The highest BCUT2D eigenvalue weighted by Crippen LogP contribution is 2.51. The average molecular weight is 268 g/mol. The number of rotatable bonds is 4. The lowest BCUT2D eigenvalue weighted by Gasteiger charge is -2.60. The van der Waals surface area contributed by atoms with Gasteiger partial charge in [-0.15, -0.1) is 0 Å². The van der Waals surface area contributed by atoms with Crippen LogP contribution in [0.3, 0.4) is 0 Å². The van der Waals surface area contributed by atoms with Crippen LogP contribution in [0.4, 0.5) is 0 Å². The Hall–Kier alpha value is -0.610. The van der Waals surface area contributed by atoms with Gasteiger partial charge in [-0.3, -0.25) is 4.79 Å². The molecule has 1 aliphatic heterocycles. The first kappa shape index (κ1) is 14.8. The molecular formula is C15H28N2O2. The summed E-state index contributed by atoms with van der Waals surface area (Å²) in [5, 5.41) is 6.36. The first-order valence-electron chi connectivity index (χ1n) is 7.38. The smallest absolute Gasteiger partial charge is 0.226 e. The van der Waals surface area contributed by atoms with Crippen LogP contribution >= 0.6 is 0 Å². The van der Waals surface area contributed by atoms with Gasteiger partial charge in [-0.1, -0.05) is 13.8 Å². The fourth-order valence-electron chi connectivity index (χ4n) is 3.72. The van der Waals surface area contributed by atoms with Crippen molar-refractivity contribution in [1.29, 1.82) is 0 Å². The van der Waals surface area contributed by atoms with Gasteiger partial charge in [0.15, 0.2) is 0 Å². The van der Waals surface area contributed by atoms with E-state index >= 15 is 0 Å². The van der Waals surface area contributed by atoms with Crippen molar-refractivity contribution in [2.24, 2.45) is 16.7 Å². The van der Waals surface area contributed by atoms with Gasteiger partial charge in [0.1, 0.15) is 0 Å². The minimum atomic E-state index is -0.370. The van der Waals surface area contributed by atoms with Gasteiger partial charge in [0.05, 0.1) is 11.5 Å². The van der Waals surface area contributed by atoms with Gasteiger partial charge in [-0.05, 0) is 26.7 Å². The number of amides is 1. The summed E-state index contributed by atoms with van der Waals surface area (Å²) in [6, 6.07) is 0.460. The molecule has 4 nitrogen and oxygen atoms in total. The maximum atomic E-state index is 11.8. The molecule has 1 saturated carbocycles. The predicted molar refractivity (Wildman–Crippen MR) is 75.9 cm³/mol. The third kappa shape index (κ3) is 2.52. The number of fused-ring (bicyclic) bond motifs is 1. The molecule has 0 unspecified atom stereocenters. The van der Waals surface area contributed by atoms with Crippen molar-refractivity contribution in [1.82, 2.24) is 10.6 Å². The zero-order chi connectivity index (χ0) is 14.3. The molecule has 4 heteroatoms. The Morgan fingerprint density at radius 3 is 2.74 bits per heavy atom. The molecule has 19 heavy (non-hydrogen) atoms. The van der Waals surface area contributed by atoms with Crippen LogP contribution in [0.5, 0.6) is 0 Å². The number of hydrogen-bond donors (Lipinski definition) is 2. The Labute approximate surface area is 116 Å². The van der Waals surface area contributed by atoms with Gasteiger partial charge >= 0.3 is 0 Å². The van der Waals surface area contributed by atoms with E-state index in [0.29, 0.717) is 24.6 Å². The zero-order valence-corrected chi connectivity index (χ0v) is 12.9. The summed E-state index contributed by atoms with van der Waals surface area (Å²) in [4.78, 5) is 11.8. The van der Waals surface area contributed by atoms with E-state index in [1.807, 2.05) is 13.8 Å². The number of carbonyl (C=O) groups is 1. The number of carbonyl (C=O) groups excluding carboxylic acids is 1. The number of ether oxygens (including phenoxy) is 1. The molecule has 0 spiro atoms. The summed E-state index contributed by atoms with van der Waals surface area (Å²) in [5.74, 6) is 0.706. The summed E-state index contributed by atoms with van der Waals surface area (Å²) in [5.41, 5.74) is -0.199. The Morgan fingerprint density at radius 1 is 1.42 bits per heavy atom. The largest absolute Gasteiger partial charge is 0.377 e. The third-order valence-corrected chi connectivity index (χ3v) is 4.94. The minimum absolute atomic E-state index is 0.0913. The first-order valence-corrected chi connectivity index (χ1v) is 7.38. The summed E-state index contributed by atoms with van der Waals surface area (Å²) in [7, 11) is 1.70.